The van der Waals surface area contributed by atoms with E-state index >= 15 is 0 Å². The van der Waals surface area contributed by atoms with Crippen molar-refractivity contribution in [3.8, 4) is 0 Å². The molecule has 166 valence electrons. The van der Waals surface area contributed by atoms with Crippen LogP contribution < -0.4 is 17.7 Å². The first-order valence-electron chi connectivity index (χ1n) is 11.5. The zero-order valence-electron chi connectivity index (χ0n) is 18.9. The number of nitrogens with one attached hydrogen (secondary N) is 1. The minimum Gasteiger partial charge on any atom is -1.00 e. The van der Waals surface area contributed by atoms with Gasteiger partial charge < -0.3 is 22.2 Å². The lowest BCUT2D eigenvalue weighted by Gasteiger charge is -2.40. The molecule has 0 atom stereocenters. The van der Waals surface area contributed by atoms with Gasteiger partial charge in [-0.2, -0.15) is 0 Å². The summed E-state index contributed by atoms with van der Waals surface area (Å²) in [6.07, 6.45) is 11.8. The average Bonchev–Trinajstić information content (AvgIpc) is 2.98. The van der Waals surface area contributed by atoms with E-state index in [9.17, 15) is 4.79 Å². The van der Waals surface area contributed by atoms with Crippen LogP contribution in [0.2, 0.25) is 0 Å². The van der Waals surface area contributed by atoms with Crippen LogP contribution in [0.15, 0.2) is 54.1 Å². The number of nitrogens with zero attached hydrogens (tertiary/aromatic N) is 1. The highest BCUT2D eigenvalue weighted by Gasteiger charge is 2.29. The minimum absolute atomic E-state index is 0. The van der Waals surface area contributed by atoms with E-state index < -0.39 is 0 Å². The van der Waals surface area contributed by atoms with E-state index in [-0.39, 0.29) is 18.3 Å². The highest BCUT2D eigenvalue weighted by Crippen LogP contribution is 2.28. The van der Waals surface area contributed by atoms with Gasteiger partial charge in [0.1, 0.15) is 6.54 Å². The Bertz CT molecular complexity index is 911. The van der Waals surface area contributed by atoms with Crippen LogP contribution in [0.25, 0.3) is 6.08 Å². The summed E-state index contributed by atoms with van der Waals surface area (Å²) in [6, 6.07) is 17.6. The van der Waals surface area contributed by atoms with Crippen LogP contribution in [0.4, 0.5) is 5.69 Å². The molecule has 2 aromatic rings. The van der Waals surface area contributed by atoms with Crippen molar-refractivity contribution in [2.24, 2.45) is 0 Å². The fourth-order valence-electron chi connectivity index (χ4n) is 5.10. The standard InChI is InChI=1S/C27H34N2O.ClH/c1-29(2,26-13-4-3-5-14-26)20-21-15-17-25(18-16-21)28-27(30)24-12-8-11-22-9-6-7-10-23(22)19-24;/h6-7,9-10,15-19,26H,3-5,8,11-14,20H2,1-2H3;1H. The highest BCUT2D eigenvalue weighted by atomic mass is 35.5. The molecule has 1 N–H and O–H groups in total. The van der Waals surface area contributed by atoms with Crippen molar-refractivity contribution < 1.29 is 21.7 Å². The first kappa shape index (κ1) is 23.6. The Kier molecular flexibility index (Phi) is 7.96. The SMILES string of the molecule is C[N+](C)(Cc1ccc(NC(=O)C2=Cc3ccccc3CCC2)cc1)C1CCCCC1.[Cl-]. The fraction of sp³-hybridized carbons (Fsp3) is 0.444. The third-order valence-electron chi connectivity index (χ3n) is 6.93. The number of carbonyl (C=O) groups is 1. The van der Waals surface area contributed by atoms with Crippen molar-refractivity contribution in [1.29, 1.82) is 0 Å². The van der Waals surface area contributed by atoms with Crippen molar-refractivity contribution in [2.75, 3.05) is 19.4 Å². The van der Waals surface area contributed by atoms with Gasteiger partial charge in [0.05, 0.1) is 20.1 Å². The monoisotopic (exact) mass is 438 g/mol. The first-order chi connectivity index (χ1) is 14.5. The Morgan fingerprint density at radius 1 is 0.935 bits per heavy atom. The molecule has 0 unspecified atom stereocenters. The third-order valence-corrected chi connectivity index (χ3v) is 6.93. The van der Waals surface area contributed by atoms with E-state index in [2.05, 4.69) is 68.0 Å². The molecule has 2 aliphatic rings. The Morgan fingerprint density at radius 2 is 1.65 bits per heavy atom. The van der Waals surface area contributed by atoms with E-state index in [1.165, 1.54) is 48.8 Å². The summed E-state index contributed by atoms with van der Waals surface area (Å²) in [5, 5.41) is 3.11. The summed E-state index contributed by atoms with van der Waals surface area (Å²) in [4.78, 5) is 12.9. The van der Waals surface area contributed by atoms with E-state index in [0.29, 0.717) is 0 Å². The van der Waals surface area contributed by atoms with Crippen molar-refractivity contribution in [2.45, 2.75) is 64.0 Å². The molecule has 2 aromatic carbocycles. The molecule has 0 heterocycles. The van der Waals surface area contributed by atoms with Crippen LogP contribution in [0, 0.1) is 0 Å². The maximum atomic E-state index is 12.9. The van der Waals surface area contributed by atoms with Gasteiger partial charge in [-0.25, -0.2) is 0 Å². The van der Waals surface area contributed by atoms with Crippen molar-refractivity contribution in [3.63, 3.8) is 0 Å². The highest BCUT2D eigenvalue weighted by molar-refractivity contribution is 6.06. The second-order valence-electron chi connectivity index (χ2n) is 9.60. The number of fused-ring (bicyclic) bond motifs is 1. The van der Waals surface area contributed by atoms with E-state index in [1.54, 1.807) is 0 Å². The van der Waals surface area contributed by atoms with Gasteiger partial charge in [-0.1, -0.05) is 42.8 Å². The zero-order valence-corrected chi connectivity index (χ0v) is 19.6. The molecule has 0 aromatic heterocycles. The molecule has 0 saturated heterocycles. The lowest BCUT2D eigenvalue weighted by Crippen LogP contribution is -3.00. The second-order valence-corrected chi connectivity index (χ2v) is 9.60. The number of aryl methyl sites for hydroxylation is 1. The summed E-state index contributed by atoms with van der Waals surface area (Å²) in [7, 11) is 4.73. The van der Waals surface area contributed by atoms with Gasteiger partial charge in [0, 0.05) is 16.8 Å². The van der Waals surface area contributed by atoms with Crippen LogP contribution in [-0.4, -0.2) is 30.5 Å². The van der Waals surface area contributed by atoms with Gasteiger partial charge in [-0.05, 0) is 74.3 Å². The zero-order chi connectivity index (χ0) is 21.0. The van der Waals surface area contributed by atoms with Gasteiger partial charge in [-0.15, -0.1) is 0 Å². The largest absolute Gasteiger partial charge is 1.00 e. The smallest absolute Gasteiger partial charge is 0.251 e. The second kappa shape index (κ2) is 10.5. The molecular formula is C27H35ClN2O. The van der Waals surface area contributed by atoms with Crippen LogP contribution in [0.3, 0.4) is 0 Å². The summed E-state index contributed by atoms with van der Waals surface area (Å²) < 4.78 is 1.05. The predicted octanol–water partition coefficient (Wildman–Crippen LogP) is 2.96. The van der Waals surface area contributed by atoms with Gasteiger partial charge >= 0.3 is 0 Å². The van der Waals surface area contributed by atoms with Gasteiger partial charge in [0.2, 0.25) is 0 Å². The van der Waals surface area contributed by atoms with Gasteiger partial charge in [0.25, 0.3) is 5.91 Å². The Labute approximate surface area is 193 Å². The lowest BCUT2D eigenvalue weighted by atomic mass is 9.92. The molecule has 0 radical (unpaired) electrons. The normalized spacial score (nSPS) is 17.0. The quantitative estimate of drug-likeness (QED) is 0.714. The summed E-state index contributed by atoms with van der Waals surface area (Å²) >= 11 is 0. The van der Waals surface area contributed by atoms with E-state index in [0.717, 1.165) is 47.6 Å². The number of benzene rings is 2. The topological polar surface area (TPSA) is 29.1 Å². The Hall–Kier alpha value is -2.10. The summed E-state index contributed by atoms with van der Waals surface area (Å²) in [6.45, 7) is 1.04. The average molecular weight is 439 g/mol. The molecule has 31 heavy (non-hydrogen) atoms. The maximum Gasteiger partial charge on any atom is 0.251 e. The third kappa shape index (κ3) is 5.99. The molecule has 0 bridgehead atoms. The molecule has 1 saturated carbocycles. The number of hydrogen-bond acceptors (Lipinski definition) is 1. The first-order valence-corrected chi connectivity index (χ1v) is 11.5. The van der Waals surface area contributed by atoms with Crippen LogP contribution in [0.1, 0.15) is 61.6 Å². The fourth-order valence-corrected chi connectivity index (χ4v) is 5.10. The number of anilines is 1. The molecule has 4 rings (SSSR count). The number of rotatable bonds is 5. The summed E-state index contributed by atoms with van der Waals surface area (Å²) in [5.74, 6) is 0.0257. The molecule has 0 aliphatic heterocycles. The molecule has 2 aliphatic carbocycles. The van der Waals surface area contributed by atoms with Crippen LogP contribution in [-0.2, 0) is 17.8 Å². The predicted molar refractivity (Wildman–Crippen MR) is 125 cm³/mol. The number of halogens is 1. The number of quaternary nitrogens is 1. The van der Waals surface area contributed by atoms with Crippen molar-refractivity contribution >= 4 is 17.7 Å². The van der Waals surface area contributed by atoms with Crippen LogP contribution >= 0.6 is 0 Å². The maximum absolute atomic E-state index is 12.9. The molecule has 0 spiro atoms. The van der Waals surface area contributed by atoms with Gasteiger partial charge in [-0.3, -0.25) is 4.79 Å². The van der Waals surface area contributed by atoms with Gasteiger partial charge in [0.15, 0.2) is 0 Å². The van der Waals surface area contributed by atoms with Crippen molar-refractivity contribution in [3.05, 3.63) is 70.8 Å². The molecule has 3 nitrogen and oxygen atoms in total. The van der Waals surface area contributed by atoms with Crippen LogP contribution in [0.5, 0.6) is 0 Å². The minimum atomic E-state index is 0. The Morgan fingerprint density at radius 3 is 2.39 bits per heavy atom. The number of amides is 1. The summed E-state index contributed by atoms with van der Waals surface area (Å²) in [5.41, 5.74) is 5.61. The number of hydrogen-bond donors (Lipinski definition) is 1. The Balaban J connectivity index is 0.00000272. The van der Waals surface area contributed by atoms with Crippen molar-refractivity contribution in [1.82, 2.24) is 0 Å². The van der Waals surface area contributed by atoms with E-state index in [4.69, 9.17) is 0 Å². The lowest BCUT2D eigenvalue weighted by molar-refractivity contribution is -0.929. The molecule has 1 fully saturated rings. The number of carbonyl (C=O) groups excluding carboxylic acids is 1. The molecule has 1 amide bonds. The molecule has 4 heteroatoms. The molecular weight excluding hydrogens is 404 g/mol. The van der Waals surface area contributed by atoms with E-state index in [1.807, 2.05) is 6.07 Å².